The molecule has 0 unspecified atom stereocenters. The molecule has 102 valence electrons. The molecule has 4 heteroatoms. The van der Waals surface area contributed by atoms with Crippen molar-refractivity contribution in [2.75, 3.05) is 33.5 Å². The normalized spacial score (nSPS) is 10.6. The Morgan fingerprint density at radius 3 is 2.67 bits per heavy atom. The minimum Gasteiger partial charge on any atom is -0.493 e. The molecule has 0 bridgehead atoms. The van der Waals surface area contributed by atoms with Crippen molar-refractivity contribution in [3.05, 3.63) is 29.3 Å². The molecule has 0 saturated heterocycles. The lowest BCUT2D eigenvalue weighted by Gasteiger charge is -2.10. The van der Waals surface area contributed by atoms with Gasteiger partial charge in [-0.05, 0) is 24.1 Å². The van der Waals surface area contributed by atoms with Crippen LogP contribution in [0.4, 0.5) is 0 Å². The summed E-state index contributed by atoms with van der Waals surface area (Å²) in [5.74, 6) is 0.912. The summed E-state index contributed by atoms with van der Waals surface area (Å²) in [6.45, 7) is 5.19. The lowest BCUT2D eigenvalue weighted by Crippen LogP contribution is -2.07. The van der Waals surface area contributed by atoms with Gasteiger partial charge in [0.1, 0.15) is 5.75 Å². The summed E-state index contributed by atoms with van der Waals surface area (Å²) in [7, 11) is 1.67. The topological polar surface area (TPSA) is 53.7 Å². The molecule has 18 heavy (non-hydrogen) atoms. The smallest absolute Gasteiger partial charge is 0.122 e. The summed E-state index contributed by atoms with van der Waals surface area (Å²) in [5, 5.41) is 0. The van der Waals surface area contributed by atoms with Crippen molar-refractivity contribution >= 4 is 0 Å². The summed E-state index contributed by atoms with van der Waals surface area (Å²) in [6, 6.07) is 6.06. The average Bonchev–Trinajstić information content (AvgIpc) is 2.39. The van der Waals surface area contributed by atoms with Gasteiger partial charge < -0.3 is 19.9 Å². The van der Waals surface area contributed by atoms with E-state index in [1.165, 1.54) is 0 Å². The van der Waals surface area contributed by atoms with Crippen molar-refractivity contribution in [2.24, 2.45) is 5.73 Å². The second-order valence-corrected chi connectivity index (χ2v) is 4.11. The molecule has 0 fully saturated rings. The Kier molecular flexibility index (Phi) is 7.41. The Bertz CT molecular complexity index is 342. The van der Waals surface area contributed by atoms with E-state index in [0.29, 0.717) is 33.0 Å². The summed E-state index contributed by atoms with van der Waals surface area (Å²) >= 11 is 0. The van der Waals surface area contributed by atoms with Crippen LogP contribution in [-0.2, 0) is 16.0 Å². The Hall–Kier alpha value is -1.10. The van der Waals surface area contributed by atoms with E-state index < -0.39 is 0 Å². The zero-order valence-corrected chi connectivity index (χ0v) is 11.3. The van der Waals surface area contributed by atoms with Crippen molar-refractivity contribution in [2.45, 2.75) is 19.9 Å². The van der Waals surface area contributed by atoms with E-state index in [9.17, 15) is 0 Å². The van der Waals surface area contributed by atoms with E-state index in [-0.39, 0.29) is 0 Å². The van der Waals surface area contributed by atoms with E-state index in [0.717, 1.165) is 23.3 Å². The van der Waals surface area contributed by atoms with Gasteiger partial charge in [-0.1, -0.05) is 12.1 Å². The number of methoxy groups -OCH3 is 1. The van der Waals surface area contributed by atoms with E-state index in [2.05, 4.69) is 0 Å². The number of hydrogen-bond donors (Lipinski definition) is 1. The van der Waals surface area contributed by atoms with Crippen molar-refractivity contribution in [1.29, 1.82) is 0 Å². The van der Waals surface area contributed by atoms with Crippen LogP contribution in [0.1, 0.15) is 17.5 Å². The number of ether oxygens (including phenoxy) is 3. The largest absolute Gasteiger partial charge is 0.493 e. The summed E-state index contributed by atoms with van der Waals surface area (Å²) in [4.78, 5) is 0. The van der Waals surface area contributed by atoms with Crippen LogP contribution < -0.4 is 10.5 Å². The lowest BCUT2D eigenvalue weighted by atomic mass is 10.1. The zero-order chi connectivity index (χ0) is 13.2. The molecule has 0 aromatic heterocycles. The Morgan fingerprint density at radius 2 is 1.94 bits per heavy atom. The standard InChI is InChI=1S/C14H23NO3/c1-12-4-5-13(11-15)10-14(12)18-7-3-6-17-9-8-16-2/h4-5,10H,3,6-9,11,15H2,1-2H3. The van der Waals surface area contributed by atoms with Gasteiger partial charge in [0.2, 0.25) is 0 Å². The first-order valence-corrected chi connectivity index (χ1v) is 6.27. The van der Waals surface area contributed by atoms with E-state index in [1.807, 2.05) is 25.1 Å². The van der Waals surface area contributed by atoms with Crippen LogP contribution in [0.5, 0.6) is 5.75 Å². The molecule has 0 saturated carbocycles. The summed E-state index contributed by atoms with van der Waals surface area (Å²) < 4.78 is 16.0. The monoisotopic (exact) mass is 253 g/mol. The van der Waals surface area contributed by atoms with Crippen molar-refractivity contribution in [3.63, 3.8) is 0 Å². The molecule has 0 amide bonds. The molecule has 4 nitrogen and oxygen atoms in total. The van der Waals surface area contributed by atoms with Gasteiger partial charge in [-0.2, -0.15) is 0 Å². The molecule has 0 radical (unpaired) electrons. The maximum absolute atomic E-state index is 5.72. The fraction of sp³-hybridized carbons (Fsp3) is 0.571. The molecule has 0 heterocycles. The maximum atomic E-state index is 5.72. The van der Waals surface area contributed by atoms with Crippen LogP contribution in [0.3, 0.4) is 0 Å². The quantitative estimate of drug-likeness (QED) is 0.683. The van der Waals surface area contributed by atoms with E-state index >= 15 is 0 Å². The Labute approximate surface area is 109 Å². The van der Waals surface area contributed by atoms with Crippen LogP contribution in [-0.4, -0.2) is 33.5 Å². The fourth-order valence-electron chi connectivity index (χ4n) is 1.51. The number of benzene rings is 1. The maximum Gasteiger partial charge on any atom is 0.122 e. The van der Waals surface area contributed by atoms with Crippen molar-refractivity contribution in [3.8, 4) is 5.75 Å². The minimum absolute atomic E-state index is 0.538. The third kappa shape index (κ3) is 5.49. The van der Waals surface area contributed by atoms with Gasteiger partial charge in [0.25, 0.3) is 0 Å². The first-order valence-electron chi connectivity index (χ1n) is 6.27. The first kappa shape index (κ1) is 15.0. The van der Waals surface area contributed by atoms with Gasteiger partial charge in [-0.3, -0.25) is 0 Å². The summed E-state index contributed by atoms with van der Waals surface area (Å²) in [6.07, 6.45) is 0.871. The van der Waals surface area contributed by atoms with Crippen LogP contribution >= 0.6 is 0 Å². The van der Waals surface area contributed by atoms with E-state index in [4.69, 9.17) is 19.9 Å². The molecular formula is C14H23NO3. The Morgan fingerprint density at radius 1 is 1.11 bits per heavy atom. The molecule has 0 aliphatic carbocycles. The molecular weight excluding hydrogens is 230 g/mol. The van der Waals surface area contributed by atoms with Crippen LogP contribution in [0.25, 0.3) is 0 Å². The van der Waals surface area contributed by atoms with Gasteiger partial charge >= 0.3 is 0 Å². The molecule has 0 aliphatic heterocycles. The summed E-state index contributed by atoms with van der Waals surface area (Å²) in [5.41, 5.74) is 7.83. The zero-order valence-electron chi connectivity index (χ0n) is 11.3. The second kappa shape index (κ2) is 8.91. The van der Waals surface area contributed by atoms with Gasteiger partial charge in [-0.15, -0.1) is 0 Å². The number of aryl methyl sites for hydroxylation is 1. The molecule has 0 spiro atoms. The van der Waals surface area contributed by atoms with Gasteiger partial charge in [-0.25, -0.2) is 0 Å². The van der Waals surface area contributed by atoms with Gasteiger partial charge in [0, 0.05) is 26.7 Å². The number of hydrogen-bond acceptors (Lipinski definition) is 4. The highest BCUT2D eigenvalue weighted by Crippen LogP contribution is 2.19. The fourth-order valence-corrected chi connectivity index (χ4v) is 1.51. The molecule has 1 rings (SSSR count). The molecule has 0 atom stereocenters. The van der Waals surface area contributed by atoms with Gasteiger partial charge in [0.05, 0.1) is 19.8 Å². The highest BCUT2D eigenvalue weighted by Gasteiger charge is 2.00. The minimum atomic E-state index is 0.538. The third-order valence-corrected chi connectivity index (χ3v) is 2.61. The molecule has 2 N–H and O–H groups in total. The molecule has 1 aromatic carbocycles. The van der Waals surface area contributed by atoms with Crippen molar-refractivity contribution in [1.82, 2.24) is 0 Å². The average molecular weight is 253 g/mol. The molecule has 0 aliphatic rings. The number of rotatable bonds is 9. The highest BCUT2D eigenvalue weighted by atomic mass is 16.5. The second-order valence-electron chi connectivity index (χ2n) is 4.11. The van der Waals surface area contributed by atoms with Crippen LogP contribution in [0, 0.1) is 6.92 Å². The first-order chi connectivity index (χ1) is 8.77. The highest BCUT2D eigenvalue weighted by molar-refractivity contribution is 5.36. The third-order valence-electron chi connectivity index (χ3n) is 2.61. The predicted octanol–water partition coefficient (Wildman–Crippen LogP) is 1.89. The SMILES string of the molecule is COCCOCCCOc1cc(CN)ccc1C. The molecule has 1 aromatic rings. The van der Waals surface area contributed by atoms with Crippen LogP contribution in [0.15, 0.2) is 18.2 Å². The lowest BCUT2D eigenvalue weighted by molar-refractivity contribution is 0.0644. The van der Waals surface area contributed by atoms with Crippen LogP contribution in [0.2, 0.25) is 0 Å². The number of nitrogens with two attached hydrogens (primary N) is 1. The Balaban J connectivity index is 2.22. The van der Waals surface area contributed by atoms with E-state index in [1.54, 1.807) is 7.11 Å². The van der Waals surface area contributed by atoms with Crippen molar-refractivity contribution < 1.29 is 14.2 Å². The predicted molar refractivity (Wildman–Crippen MR) is 71.9 cm³/mol. The van der Waals surface area contributed by atoms with Gasteiger partial charge in [0.15, 0.2) is 0 Å².